The van der Waals surface area contributed by atoms with Crippen LogP contribution in [-0.4, -0.2) is 51.9 Å². The second-order valence-corrected chi connectivity index (χ2v) is 8.43. The van der Waals surface area contributed by atoms with Crippen LogP contribution in [0.2, 0.25) is 0 Å². The van der Waals surface area contributed by atoms with Crippen LogP contribution >= 0.6 is 0 Å². The minimum atomic E-state index is -1.38. The summed E-state index contributed by atoms with van der Waals surface area (Å²) in [4.78, 5) is 28.6. The Bertz CT molecular complexity index is 1030. The van der Waals surface area contributed by atoms with Crippen LogP contribution in [0.15, 0.2) is 30.3 Å². The molecular weight excluding hydrogens is 441 g/mol. The van der Waals surface area contributed by atoms with E-state index in [-0.39, 0.29) is 43.7 Å². The maximum atomic E-state index is 13.6. The zero-order valence-electron chi connectivity index (χ0n) is 19.9. The molecule has 0 fully saturated rings. The highest BCUT2D eigenvalue weighted by atomic mass is 19.1. The Kier molecular flexibility index (Phi) is 10.0. The van der Waals surface area contributed by atoms with E-state index in [1.54, 1.807) is 25.1 Å². The molecule has 0 spiro atoms. The average Bonchev–Trinajstić information content (AvgIpc) is 2.84. The third-order valence-corrected chi connectivity index (χ3v) is 5.55. The van der Waals surface area contributed by atoms with Gasteiger partial charge in [-0.1, -0.05) is 32.9 Å². The number of methoxy groups -OCH3 is 1. The van der Waals surface area contributed by atoms with E-state index in [1.165, 1.54) is 18.2 Å². The first kappa shape index (κ1) is 27.3. The molecule has 0 aliphatic rings. The number of aliphatic hydroxyl groups is 3. The number of esters is 1. The van der Waals surface area contributed by atoms with Gasteiger partial charge in [0.2, 0.25) is 0 Å². The summed E-state index contributed by atoms with van der Waals surface area (Å²) in [5.74, 6) is -1.94. The summed E-state index contributed by atoms with van der Waals surface area (Å²) in [5.41, 5.74) is 3.53. The lowest BCUT2D eigenvalue weighted by atomic mass is 9.87. The fourth-order valence-corrected chi connectivity index (χ4v) is 3.68. The van der Waals surface area contributed by atoms with Crippen molar-refractivity contribution in [2.24, 2.45) is 0 Å². The van der Waals surface area contributed by atoms with Crippen LogP contribution in [0.4, 0.5) is 4.39 Å². The number of carbonyl (C=O) groups is 2. The van der Waals surface area contributed by atoms with E-state index in [0.717, 1.165) is 7.11 Å². The molecule has 2 atom stereocenters. The number of allylic oxidation sites excluding steroid dienone is 1. The summed E-state index contributed by atoms with van der Waals surface area (Å²) < 4.78 is 18.1. The number of hydrogen-bond donors (Lipinski definition) is 3. The van der Waals surface area contributed by atoms with Crippen LogP contribution in [0.25, 0.3) is 17.2 Å². The normalized spacial score (nSPS) is 13.3. The predicted molar refractivity (Wildman–Crippen MR) is 126 cm³/mol. The van der Waals surface area contributed by atoms with Gasteiger partial charge in [-0.2, -0.15) is 0 Å². The SMILES string of the molecule is COC(=O)C(O)CCC(=O)/C=C/c1c(C(C)C)nc([C@H](C)CO)c(CO)c1-c1ccc(F)cc1. The fourth-order valence-electron chi connectivity index (χ4n) is 3.68. The average molecular weight is 474 g/mol. The minimum Gasteiger partial charge on any atom is -0.467 e. The number of ketones is 1. The molecule has 184 valence electrons. The van der Waals surface area contributed by atoms with Crippen molar-refractivity contribution in [3.05, 3.63) is 58.7 Å². The second-order valence-electron chi connectivity index (χ2n) is 8.43. The number of halogens is 1. The number of nitrogens with zero attached hydrogens (tertiary/aromatic N) is 1. The fraction of sp³-hybridized carbons (Fsp3) is 0.423. The number of ether oxygens (including phenoxy) is 1. The maximum absolute atomic E-state index is 13.6. The Morgan fingerprint density at radius 3 is 2.29 bits per heavy atom. The predicted octanol–water partition coefficient (Wildman–Crippen LogP) is 3.50. The summed E-state index contributed by atoms with van der Waals surface area (Å²) in [6, 6.07) is 5.81. The molecule has 2 aromatic rings. The lowest BCUT2D eigenvalue weighted by Crippen LogP contribution is -2.22. The number of rotatable bonds is 11. The Labute approximate surface area is 198 Å². The molecule has 0 saturated carbocycles. The first-order valence-electron chi connectivity index (χ1n) is 11.2. The van der Waals surface area contributed by atoms with Gasteiger partial charge >= 0.3 is 5.97 Å². The number of pyridine rings is 1. The minimum absolute atomic E-state index is 0.0625. The number of aromatic nitrogens is 1. The van der Waals surface area contributed by atoms with Gasteiger partial charge in [-0.3, -0.25) is 9.78 Å². The summed E-state index contributed by atoms with van der Waals surface area (Å²) >= 11 is 0. The molecule has 3 N–H and O–H groups in total. The van der Waals surface area contributed by atoms with E-state index in [1.807, 2.05) is 13.8 Å². The molecule has 0 amide bonds. The van der Waals surface area contributed by atoms with Crippen molar-refractivity contribution in [1.82, 2.24) is 4.98 Å². The molecule has 34 heavy (non-hydrogen) atoms. The molecule has 1 heterocycles. The Hall–Kier alpha value is -2.94. The van der Waals surface area contributed by atoms with Gasteiger partial charge in [0.05, 0.1) is 31.7 Å². The Morgan fingerprint density at radius 2 is 1.76 bits per heavy atom. The van der Waals surface area contributed by atoms with Crippen LogP contribution in [-0.2, 0) is 20.9 Å². The zero-order valence-corrected chi connectivity index (χ0v) is 19.9. The van der Waals surface area contributed by atoms with Crippen LogP contribution in [0.1, 0.15) is 68.0 Å². The summed E-state index contributed by atoms with van der Waals surface area (Å²) in [5, 5.41) is 29.7. The van der Waals surface area contributed by atoms with Crippen LogP contribution < -0.4 is 0 Å². The van der Waals surface area contributed by atoms with Gasteiger partial charge in [0.1, 0.15) is 5.82 Å². The van der Waals surface area contributed by atoms with E-state index in [0.29, 0.717) is 33.6 Å². The van der Waals surface area contributed by atoms with Crippen molar-refractivity contribution < 1.29 is 34.0 Å². The van der Waals surface area contributed by atoms with E-state index in [2.05, 4.69) is 4.74 Å². The monoisotopic (exact) mass is 473 g/mol. The van der Waals surface area contributed by atoms with Crippen molar-refractivity contribution in [1.29, 1.82) is 0 Å². The van der Waals surface area contributed by atoms with Gasteiger partial charge in [-0.25, -0.2) is 9.18 Å². The highest BCUT2D eigenvalue weighted by Gasteiger charge is 2.24. The number of carbonyl (C=O) groups excluding carboxylic acids is 2. The van der Waals surface area contributed by atoms with Gasteiger partial charge in [0.25, 0.3) is 0 Å². The van der Waals surface area contributed by atoms with E-state index >= 15 is 0 Å². The molecule has 0 aliphatic heterocycles. The molecule has 0 radical (unpaired) electrons. The molecule has 0 saturated heterocycles. The Balaban J connectivity index is 2.62. The van der Waals surface area contributed by atoms with Gasteiger partial charge < -0.3 is 20.1 Å². The third-order valence-electron chi connectivity index (χ3n) is 5.55. The molecule has 0 aliphatic carbocycles. The quantitative estimate of drug-likeness (QED) is 0.338. The van der Waals surface area contributed by atoms with Crippen molar-refractivity contribution in [3.8, 4) is 11.1 Å². The topological polar surface area (TPSA) is 117 Å². The van der Waals surface area contributed by atoms with Crippen molar-refractivity contribution in [3.63, 3.8) is 0 Å². The van der Waals surface area contributed by atoms with E-state index < -0.39 is 17.9 Å². The molecule has 1 aromatic carbocycles. The van der Waals surface area contributed by atoms with Gasteiger partial charge in [-0.15, -0.1) is 0 Å². The van der Waals surface area contributed by atoms with E-state index in [4.69, 9.17) is 4.98 Å². The smallest absolute Gasteiger partial charge is 0.334 e. The molecule has 2 rings (SSSR count). The van der Waals surface area contributed by atoms with Crippen LogP contribution in [0.3, 0.4) is 0 Å². The second kappa shape index (κ2) is 12.5. The summed E-state index contributed by atoms with van der Waals surface area (Å²) in [6.07, 6.45) is 1.40. The van der Waals surface area contributed by atoms with Crippen molar-refractivity contribution in [2.75, 3.05) is 13.7 Å². The highest BCUT2D eigenvalue weighted by Crippen LogP contribution is 2.37. The zero-order chi connectivity index (χ0) is 25.4. The third kappa shape index (κ3) is 6.56. The van der Waals surface area contributed by atoms with Crippen LogP contribution in [0, 0.1) is 5.82 Å². The summed E-state index contributed by atoms with van der Waals surface area (Å²) in [6.45, 7) is 5.14. The standard InChI is InChI=1S/C26H32FNO6/c1-15(2)24-20(11-9-19(31)10-12-22(32)26(33)34-4)23(17-5-7-18(27)8-6-17)21(14-30)25(28-24)16(3)13-29/h5-9,11,15-16,22,29-30,32H,10,12-14H2,1-4H3/b11-9+/t16-,22?/m1/s1. The molecule has 1 unspecified atom stereocenters. The number of benzene rings is 1. The first-order valence-corrected chi connectivity index (χ1v) is 11.2. The number of aliphatic hydroxyl groups excluding tert-OH is 3. The van der Waals surface area contributed by atoms with Crippen LogP contribution in [0.5, 0.6) is 0 Å². The largest absolute Gasteiger partial charge is 0.467 e. The molecule has 0 bridgehead atoms. The molecule has 8 heteroatoms. The molecular formula is C26H32FNO6. The lowest BCUT2D eigenvalue weighted by molar-refractivity contribution is -0.150. The maximum Gasteiger partial charge on any atom is 0.334 e. The first-order chi connectivity index (χ1) is 16.1. The van der Waals surface area contributed by atoms with Gasteiger partial charge in [0, 0.05) is 23.5 Å². The Morgan fingerprint density at radius 1 is 1.12 bits per heavy atom. The summed E-state index contributed by atoms with van der Waals surface area (Å²) in [7, 11) is 1.16. The highest BCUT2D eigenvalue weighted by molar-refractivity contribution is 5.95. The molecule has 1 aromatic heterocycles. The lowest BCUT2D eigenvalue weighted by Gasteiger charge is -2.23. The van der Waals surface area contributed by atoms with Crippen molar-refractivity contribution in [2.45, 2.75) is 58.2 Å². The van der Waals surface area contributed by atoms with Crippen molar-refractivity contribution >= 4 is 17.8 Å². The van der Waals surface area contributed by atoms with Gasteiger partial charge in [0.15, 0.2) is 11.9 Å². The van der Waals surface area contributed by atoms with E-state index in [9.17, 15) is 29.3 Å². The van der Waals surface area contributed by atoms with Gasteiger partial charge in [-0.05, 0) is 47.8 Å². The number of hydrogen-bond acceptors (Lipinski definition) is 7. The molecule has 7 nitrogen and oxygen atoms in total.